The summed E-state index contributed by atoms with van der Waals surface area (Å²) in [5, 5.41) is 11.8. The monoisotopic (exact) mass is 360 g/mol. The number of allylic oxidation sites excluding steroid dienone is 4. The van der Waals surface area contributed by atoms with E-state index in [1.165, 1.54) is 0 Å². The van der Waals surface area contributed by atoms with Crippen molar-refractivity contribution < 1.29 is 13.6 Å². The first-order valence-electron chi connectivity index (χ1n) is 7.93. The van der Waals surface area contributed by atoms with E-state index in [4.69, 9.17) is 10.9 Å². The molecule has 3 rings (SSSR count). The topological polar surface area (TPSA) is 111 Å². The highest BCUT2D eigenvalue weighted by molar-refractivity contribution is 7.90. The van der Waals surface area contributed by atoms with Crippen LogP contribution in [-0.4, -0.2) is 33.5 Å². The van der Waals surface area contributed by atoms with Gasteiger partial charge >= 0.3 is 0 Å². The van der Waals surface area contributed by atoms with Crippen LogP contribution in [0.3, 0.4) is 0 Å². The summed E-state index contributed by atoms with van der Waals surface area (Å²) in [4.78, 5) is 4.15. The lowest BCUT2D eigenvalue weighted by Gasteiger charge is -2.13. The van der Waals surface area contributed by atoms with E-state index in [0.29, 0.717) is 29.6 Å². The number of hydrogen-bond donors (Lipinski definition) is 2. The Morgan fingerprint density at radius 2 is 2.16 bits per heavy atom. The normalized spacial score (nSPS) is 16.8. The van der Waals surface area contributed by atoms with Gasteiger partial charge in [0.1, 0.15) is 0 Å². The average Bonchev–Trinajstić information content (AvgIpc) is 2.91. The molecule has 1 aromatic carbocycles. The summed E-state index contributed by atoms with van der Waals surface area (Å²) in [6.45, 7) is 3.21. The minimum Gasteiger partial charge on any atom is -0.411 e. The third-order valence-electron chi connectivity index (χ3n) is 4.18. The molecule has 0 saturated carbocycles. The van der Waals surface area contributed by atoms with Gasteiger partial charge in [0, 0.05) is 6.42 Å². The molecule has 0 radical (unpaired) electrons. The molecule has 0 atom stereocenters. The maximum atomic E-state index is 12.6. The molecule has 1 aromatic heterocycles. The molecule has 132 valence electrons. The fraction of sp³-hybridized carbons (Fsp3) is 0.294. The van der Waals surface area contributed by atoms with Gasteiger partial charge in [-0.2, -0.15) is 0 Å². The highest BCUT2D eigenvalue weighted by Gasteiger charge is 2.24. The predicted molar refractivity (Wildman–Crippen MR) is 98.4 cm³/mol. The van der Waals surface area contributed by atoms with Gasteiger partial charge in [0.05, 0.1) is 22.0 Å². The summed E-state index contributed by atoms with van der Waals surface area (Å²) < 4.78 is 26.3. The first-order chi connectivity index (χ1) is 11.8. The Balaban J connectivity index is 2.09. The minimum atomic E-state index is -3.62. The molecule has 1 heterocycles. The van der Waals surface area contributed by atoms with Crippen molar-refractivity contribution in [2.75, 3.05) is 5.73 Å². The Hall–Kier alpha value is -2.61. The lowest BCUT2D eigenvalue weighted by atomic mass is 9.96. The Morgan fingerprint density at radius 1 is 1.40 bits per heavy atom. The maximum absolute atomic E-state index is 12.6. The number of fused-ring (bicyclic) bond motifs is 1. The highest BCUT2D eigenvalue weighted by atomic mass is 32.2. The minimum absolute atomic E-state index is 0.0433. The smallest absolute Gasteiger partial charge is 0.244 e. The highest BCUT2D eigenvalue weighted by Crippen LogP contribution is 2.25. The van der Waals surface area contributed by atoms with Crippen LogP contribution in [0.25, 0.3) is 11.0 Å². The zero-order valence-electron chi connectivity index (χ0n) is 14.0. The van der Waals surface area contributed by atoms with Crippen molar-refractivity contribution in [2.24, 2.45) is 5.16 Å². The van der Waals surface area contributed by atoms with Gasteiger partial charge in [-0.3, -0.25) is 0 Å². The summed E-state index contributed by atoms with van der Waals surface area (Å²) in [5.41, 5.74) is 9.21. The number of benzene rings is 1. The van der Waals surface area contributed by atoms with Crippen molar-refractivity contribution in [3.63, 3.8) is 0 Å². The lowest BCUT2D eigenvalue weighted by molar-refractivity contribution is 0.318. The fourth-order valence-electron chi connectivity index (χ4n) is 2.78. The Labute approximate surface area is 146 Å². The third-order valence-corrected chi connectivity index (χ3v) is 6.27. The van der Waals surface area contributed by atoms with Crippen LogP contribution in [0.2, 0.25) is 0 Å². The van der Waals surface area contributed by atoms with Crippen LogP contribution in [0.1, 0.15) is 25.8 Å². The molecule has 0 spiro atoms. The molecule has 0 fully saturated rings. The molecule has 0 saturated heterocycles. The van der Waals surface area contributed by atoms with Crippen LogP contribution in [-0.2, 0) is 16.4 Å². The van der Waals surface area contributed by atoms with Gasteiger partial charge in [-0.05, 0) is 43.5 Å². The quantitative estimate of drug-likeness (QED) is 0.643. The molecule has 25 heavy (non-hydrogen) atoms. The van der Waals surface area contributed by atoms with Crippen LogP contribution >= 0.6 is 0 Å². The number of nitrogen functional groups attached to an aromatic ring is 1. The second-order valence-electron chi connectivity index (χ2n) is 6.20. The molecule has 8 heteroatoms. The standard InChI is InChI=1S/C17H20N4O3S/c1-11(2)25(23,24)21-16-10-12(7-8-15(16)19-17(21)18)9-13-5-3-4-6-14(13)20-22/h3-5,7-8,10-11,22H,6,9H2,1-2H3,(H2,18,19). The van der Waals surface area contributed by atoms with E-state index >= 15 is 0 Å². The number of imidazole rings is 1. The number of hydrogen-bond acceptors (Lipinski definition) is 6. The second-order valence-corrected chi connectivity index (χ2v) is 8.54. The van der Waals surface area contributed by atoms with Crippen LogP contribution in [0.5, 0.6) is 0 Å². The molecule has 1 aliphatic rings. The van der Waals surface area contributed by atoms with Crippen molar-refractivity contribution in [1.29, 1.82) is 0 Å². The largest absolute Gasteiger partial charge is 0.411 e. The molecule has 0 bridgehead atoms. The molecular formula is C17H20N4O3S. The lowest BCUT2D eigenvalue weighted by Crippen LogP contribution is -2.23. The van der Waals surface area contributed by atoms with Gasteiger partial charge in [-0.1, -0.05) is 29.5 Å². The van der Waals surface area contributed by atoms with E-state index in [1.807, 2.05) is 24.3 Å². The van der Waals surface area contributed by atoms with E-state index in [9.17, 15) is 8.42 Å². The Bertz CT molecular complexity index is 1010. The molecule has 0 unspecified atom stereocenters. The number of anilines is 1. The van der Waals surface area contributed by atoms with E-state index in [1.54, 1.807) is 26.0 Å². The first-order valence-corrected chi connectivity index (χ1v) is 9.43. The molecular weight excluding hydrogens is 340 g/mol. The predicted octanol–water partition coefficient (Wildman–Crippen LogP) is 2.46. The molecule has 0 amide bonds. The zero-order valence-corrected chi connectivity index (χ0v) is 14.9. The average molecular weight is 360 g/mol. The van der Waals surface area contributed by atoms with Gasteiger partial charge < -0.3 is 10.9 Å². The van der Waals surface area contributed by atoms with Crippen molar-refractivity contribution in [2.45, 2.75) is 31.9 Å². The van der Waals surface area contributed by atoms with Crippen molar-refractivity contribution in [1.82, 2.24) is 8.96 Å². The van der Waals surface area contributed by atoms with Gasteiger partial charge in [-0.15, -0.1) is 0 Å². The fourth-order valence-corrected chi connectivity index (χ4v) is 3.93. The van der Waals surface area contributed by atoms with Crippen LogP contribution in [0.15, 0.2) is 47.2 Å². The van der Waals surface area contributed by atoms with E-state index in [0.717, 1.165) is 15.1 Å². The van der Waals surface area contributed by atoms with Crippen LogP contribution in [0, 0.1) is 0 Å². The number of aromatic nitrogens is 2. The van der Waals surface area contributed by atoms with Gasteiger partial charge in [0.25, 0.3) is 0 Å². The van der Waals surface area contributed by atoms with E-state index in [-0.39, 0.29) is 5.95 Å². The van der Waals surface area contributed by atoms with Crippen LogP contribution in [0.4, 0.5) is 5.95 Å². The number of oxime groups is 1. The van der Waals surface area contributed by atoms with E-state index in [2.05, 4.69) is 10.1 Å². The maximum Gasteiger partial charge on any atom is 0.244 e. The SMILES string of the molecule is CC(C)S(=O)(=O)n1c(N)nc2ccc(CC3=CC=CCC3=NO)cc21. The molecule has 2 aromatic rings. The Kier molecular flexibility index (Phi) is 4.38. The van der Waals surface area contributed by atoms with Crippen molar-refractivity contribution >= 4 is 32.7 Å². The second kappa shape index (κ2) is 6.36. The summed E-state index contributed by atoms with van der Waals surface area (Å²) in [5.74, 6) is -0.0433. The molecule has 0 aliphatic heterocycles. The summed E-state index contributed by atoms with van der Waals surface area (Å²) in [6, 6.07) is 5.39. The van der Waals surface area contributed by atoms with Crippen molar-refractivity contribution in [3.8, 4) is 0 Å². The summed E-state index contributed by atoms with van der Waals surface area (Å²) in [6.07, 6.45) is 6.80. The van der Waals surface area contributed by atoms with E-state index < -0.39 is 15.3 Å². The van der Waals surface area contributed by atoms with Gasteiger partial charge in [0.2, 0.25) is 16.0 Å². The number of nitrogens with zero attached hydrogens (tertiary/aromatic N) is 3. The molecule has 7 nitrogen and oxygen atoms in total. The summed E-state index contributed by atoms with van der Waals surface area (Å²) >= 11 is 0. The van der Waals surface area contributed by atoms with Gasteiger partial charge in [-0.25, -0.2) is 17.4 Å². The third kappa shape index (κ3) is 3.05. The zero-order chi connectivity index (χ0) is 18.2. The molecule has 3 N–H and O–H groups in total. The summed E-state index contributed by atoms with van der Waals surface area (Å²) in [7, 11) is -3.62. The Morgan fingerprint density at radius 3 is 2.84 bits per heavy atom. The van der Waals surface area contributed by atoms with Crippen molar-refractivity contribution in [3.05, 3.63) is 47.6 Å². The number of rotatable bonds is 4. The van der Waals surface area contributed by atoms with Crippen LogP contribution < -0.4 is 5.73 Å². The van der Waals surface area contributed by atoms with Gasteiger partial charge in [0.15, 0.2) is 0 Å². The number of nitrogens with two attached hydrogens (primary N) is 1. The molecule has 1 aliphatic carbocycles. The first kappa shape index (κ1) is 17.2.